The predicted octanol–water partition coefficient (Wildman–Crippen LogP) is 3.37. The second-order valence-corrected chi connectivity index (χ2v) is 4.93. The molecule has 0 unspecified atom stereocenters. The van der Waals surface area contributed by atoms with Crippen molar-refractivity contribution in [1.29, 1.82) is 0 Å². The molecule has 0 radical (unpaired) electrons. The number of carbonyl (C=O) groups is 1. The Labute approximate surface area is 118 Å². The SMILES string of the molecule is CC(C)COc1cccc(NC(=O)c2cccnc2)c1. The van der Waals surface area contributed by atoms with Crippen LogP contribution in [0.3, 0.4) is 0 Å². The first-order chi connectivity index (χ1) is 9.65. The van der Waals surface area contributed by atoms with Crippen LogP contribution in [0.2, 0.25) is 0 Å². The normalized spacial score (nSPS) is 10.3. The number of hydrogen-bond donors (Lipinski definition) is 1. The van der Waals surface area contributed by atoms with Gasteiger partial charge in [-0.2, -0.15) is 0 Å². The number of benzene rings is 1. The summed E-state index contributed by atoms with van der Waals surface area (Å²) in [5.74, 6) is 1.03. The lowest BCUT2D eigenvalue weighted by Crippen LogP contribution is -2.12. The number of rotatable bonds is 5. The Balaban J connectivity index is 2.02. The highest BCUT2D eigenvalue weighted by Gasteiger charge is 2.06. The second-order valence-electron chi connectivity index (χ2n) is 4.93. The molecule has 0 spiro atoms. The van der Waals surface area contributed by atoms with Gasteiger partial charge >= 0.3 is 0 Å². The first-order valence-electron chi connectivity index (χ1n) is 6.59. The number of ether oxygens (including phenoxy) is 1. The Kier molecular flexibility index (Phi) is 4.71. The molecule has 0 saturated carbocycles. The van der Waals surface area contributed by atoms with Crippen molar-refractivity contribution in [2.75, 3.05) is 11.9 Å². The topological polar surface area (TPSA) is 51.2 Å². The van der Waals surface area contributed by atoms with Crippen LogP contribution >= 0.6 is 0 Å². The lowest BCUT2D eigenvalue weighted by molar-refractivity contribution is 0.102. The third kappa shape index (κ3) is 4.09. The first-order valence-corrected chi connectivity index (χ1v) is 6.59. The van der Waals surface area contributed by atoms with Gasteiger partial charge in [-0.25, -0.2) is 0 Å². The first kappa shape index (κ1) is 14.1. The smallest absolute Gasteiger partial charge is 0.257 e. The molecule has 2 rings (SSSR count). The van der Waals surface area contributed by atoms with Crippen molar-refractivity contribution in [2.24, 2.45) is 5.92 Å². The molecular weight excluding hydrogens is 252 g/mol. The molecule has 4 heteroatoms. The van der Waals surface area contributed by atoms with Gasteiger partial charge in [0.05, 0.1) is 12.2 Å². The molecule has 0 aliphatic carbocycles. The Morgan fingerprint density at radius 1 is 1.30 bits per heavy atom. The van der Waals surface area contributed by atoms with E-state index in [1.54, 1.807) is 18.3 Å². The lowest BCUT2D eigenvalue weighted by Gasteiger charge is -2.10. The number of pyridine rings is 1. The van der Waals surface area contributed by atoms with Gasteiger partial charge in [0, 0.05) is 24.1 Å². The van der Waals surface area contributed by atoms with Crippen molar-refractivity contribution in [3.63, 3.8) is 0 Å². The number of hydrogen-bond acceptors (Lipinski definition) is 3. The Morgan fingerprint density at radius 2 is 2.15 bits per heavy atom. The lowest BCUT2D eigenvalue weighted by atomic mass is 10.2. The fraction of sp³-hybridized carbons (Fsp3) is 0.250. The number of nitrogens with zero attached hydrogens (tertiary/aromatic N) is 1. The number of amides is 1. The van der Waals surface area contributed by atoms with E-state index in [4.69, 9.17) is 4.74 Å². The van der Waals surface area contributed by atoms with Gasteiger partial charge in [-0.3, -0.25) is 9.78 Å². The molecule has 0 atom stereocenters. The highest BCUT2D eigenvalue weighted by Crippen LogP contribution is 2.18. The van der Waals surface area contributed by atoms with Gasteiger partial charge in [-0.1, -0.05) is 19.9 Å². The molecule has 1 aromatic carbocycles. The van der Waals surface area contributed by atoms with E-state index in [-0.39, 0.29) is 5.91 Å². The quantitative estimate of drug-likeness (QED) is 0.906. The molecular formula is C16H18N2O2. The van der Waals surface area contributed by atoms with Crippen LogP contribution in [0.15, 0.2) is 48.8 Å². The Hall–Kier alpha value is -2.36. The van der Waals surface area contributed by atoms with E-state index < -0.39 is 0 Å². The van der Waals surface area contributed by atoms with E-state index in [1.165, 1.54) is 6.20 Å². The summed E-state index contributed by atoms with van der Waals surface area (Å²) in [6.07, 6.45) is 3.17. The van der Waals surface area contributed by atoms with Crippen LogP contribution in [0.1, 0.15) is 24.2 Å². The third-order valence-electron chi connectivity index (χ3n) is 2.60. The van der Waals surface area contributed by atoms with Crippen molar-refractivity contribution in [2.45, 2.75) is 13.8 Å². The average Bonchev–Trinajstić information content (AvgIpc) is 2.46. The van der Waals surface area contributed by atoms with Crippen LogP contribution in [0.25, 0.3) is 0 Å². The van der Waals surface area contributed by atoms with Gasteiger partial charge in [0.25, 0.3) is 5.91 Å². The predicted molar refractivity (Wildman–Crippen MR) is 79.0 cm³/mol. The molecule has 0 bridgehead atoms. The van der Waals surface area contributed by atoms with Crippen LogP contribution in [0.5, 0.6) is 5.75 Å². The summed E-state index contributed by atoms with van der Waals surface area (Å²) in [5, 5.41) is 2.83. The van der Waals surface area contributed by atoms with Gasteiger partial charge in [-0.15, -0.1) is 0 Å². The summed E-state index contributed by atoms with van der Waals surface area (Å²) in [6.45, 7) is 4.84. The molecule has 20 heavy (non-hydrogen) atoms. The van der Waals surface area contributed by atoms with E-state index >= 15 is 0 Å². The molecule has 4 nitrogen and oxygen atoms in total. The van der Waals surface area contributed by atoms with Gasteiger partial charge in [0.1, 0.15) is 5.75 Å². The van der Waals surface area contributed by atoms with Gasteiger partial charge < -0.3 is 10.1 Å². The molecule has 1 N–H and O–H groups in total. The average molecular weight is 270 g/mol. The van der Waals surface area contributed by atoms with Gasteiger partial charge in [0.15, 0.2) is 0 Å². The molecule has 0 aliphatic rings. The summed E-state index contributed by atoms with van der Waals surface area (Å²) in [6, 6.07) is 10.8. The highest BCUT2D eigenvalue weighted by atomic mass is 16.5. The number of carbonyl (C=O) groups excluding carboxylic acids is 1. The molecule has 1 amide bonds. The zero-order chi connectivity index (χ0) is 14.4. The minimum absolute atomic E-state index is 0.181. The number of nitrogens with one attached hydrogen (secondary N) is 1. The van der Waals surface area contributed by atoms with E-state index in [9.17, 15) is 4.79 Å². The maximum atomic E-state index is 12.0. The number of aromatic nitrogens is 1. The summed E-state index contributed by atoms with van der Waals surface area (Å²) in [7, 11) is 0. The molecule has 0 aliphatic heterocycles. The minimum atomic E-state index is -0.181. The van der Waals surface area contributed by atoms with Crippen molar-refractivity contribution < 1.29 is 9.53 Å². The van der Waals surface area contributed by atoms with Crippen molar-refractivity contribution >= 4 is 11.6 Å². The Bertz CT molecular complexity index is 568. The van der Waals surface area contributed by atoms with Crippen LogP contribution in [0.4, 0.5) is 5.69 Å². The largest absolute Gasteiger partial charge is 0.493 e. The zero-order valence-corrected chi connectivity index (χ0v) is 11.7. The molecule has 104 valence electrons. The standard InChI is InChI=1S/C16H18N2O2/c1-12(2)11-20-15-7-3-6-14(9-15)18-16(19)13-5-4-8-17-10-13/h3-10,12H,11H2,1-2H3,(H,18,19). The molecule has 0 fully saturated rings. The molecule has 2 aromatic rings. The van der Waals surface area contributed by atoms with Crippen molar-refractivity contribution in [1.82, 2.24) is 4.98 Å². The maximum absolute atomic E-state index is 12.0. The van der Waals surface area contributed by atoms with E-state index in [2.05, 4.69) is 24.1 Å². The Morgan fingerprint density at radius 3 is 2.85 bits per heavy atom. The van der Waals surface area contributed by atoms with E-state index in [1.807, 2.05) is 24.3 Å². The second kappa shape index (κ2) is 6.70. The van der Waals surface area contributed by atoms with Crippen LogP contribution < -0.4 is 10.1 Å². The molecule has 1 aromatic heterocycles. The summed E-state index contributed by atoms with van der Waals surface area (Å²) < 4.78 is 5.63. The van der Waals surface area contributed by atoms with Crippen molar-refractivity contribution in [3.05, 3.63) is 54.4 Å². The molecule has 1 heterocycles. The van der Waals surface area contributed by atoms with E-state index in [0.29, 0.717) is 23.8 Å². The monoisotopic (exact) mass is 270 g/mol. The summed E-state index contributed by atoms with van der Waals surface area (Å²) in [5.41, 5.74) is 1.24. The van der Waals surface area contributed by atoms with Crippen molar-refractivity contribution in [3.8, 4) is 5.75 Å². The minimum Gasteiger partial charge on any atom is -0.493 e. The third-order valence-corrected chi connectivity index (χ3v) is 2.60. The van der Waals surface area contributed by atoms with Gasteiger partial charge in [-0.05, 0) is 30.2 Å². The van der Waals surface area contributed by atoms with Crippen LogP contribution in [-0.4, -0.2) is 17.5 Å². The van der Waals surface area contributed by atoms with E-state index in [0.717, 1.165) is 5.75 Å². The van der Waals surface area contributed by atoms with Crippen LogP contribution in [0, 0.1) is 5.92 Å². The fourth-order valence-electron chi connectivity index (χ4n) is 1.63. The summed E-state index contributed by atoms with van der Waals surface area (Å²) >= 11 is 0. The summed E-state index contributed by atoms with van der Waals surface area (Å²) in [4.78, 5) is 15.9. The van der Waals surface area contributed by atoms with Crippen LogP contribution in [-0.2, 0) is 0 Å². The maximum Gasteiger partial charge on any atom is 0.257 e. The highest BCUT2D eigenvalue weighted by molar-refractivity contribution is 6.04. The zero-order valence-electron chi connectivity index (χ0n) is 11.7. The number of anilines is 1. The molecule has 0 saturated heterocycles. The van der Waals surface area contributed by atoms with Gasteiger partial charge in [0.2, 0.25) is 0 Å². The fourth-order valence-corrected chi connectivity index (χ4v) is 1.63.